The molecule has 0 saturated heterocycles. The highest BCUT2D eigenvalue weighted by Gasteiger charge is 2.39. The van der Waals surface area contributed by atoms with Gasteiger partial charge in [0.2, 0.25) is 0 Å². The van der Waals surface area contributed by atoms with Gasteiger partial charge in [-0.05, 0) is 32.0 Å². The molecule has 0 spiro atoms. The Morgan fingerprint density at radius 3 is 2.40 bits per heavy atom. The zero-order valence-corrected chi connectivity index (χ0v) is 11.5. The lowest BCUT2D eigenvalue weighted by molar-refractivity contribution is -0.00155. The van der Waals surface area contributed by atoms with Crippen molar-refractivity contribution in [2.45, 2.75) is 19.4 Å². The molecule has 1 N–H and O–H groups in total. The van der Waals surface area contributed by atoms with Crippen LogP contribution >= 0.6 is 0 Å². The Hall–Kier alpha value is -2.21. The first-order chi connectivity index (χ1) is 9.26. The number of rotatable bonds is 4. The Morgan fingerprint density at radius 1 is 1.25 bits per heavy atom. The van der Waals surface area contributed by atoms with Crippen LogP contribution in [-0.2, 0) is 4.74 Å². The zero-order chi connectivity index (χ0) is 15.1. The largest absolute Gasteiger partial charge is 0.478 e. The minimum absolute atomic E-state index is 0.0160. The minimum Gasteiger partial charge on any atom is -0.478 e. The number of aromatic carboxylic acids is 1. The monoisotopic (exact) mass is 277 g/mol. The Kier molecular flexibility index (Phi) is 3.35. The van der Waals surface area contributed by atoms with Gasteiger partial charge in [-0.2, -0.15) is 0 Å². The fourth-order valence-corrected chi connectivity index (χ4v) is 2.01. The molecule has 0 aliphatic carbocycles. The second-order valence-corrected chi connectivity index (χ2v) is 5.23. The summed E-state index contributed by atoms with van der Waals surface area (Å²) < 4.78 is 5.22. The number of carboxylic acid groups (broad SMARTS) is 1. The zero-order valence-electron chi connectivity index (χ0n) is 11.5. The summed E-state index contributed by atoms with van der Waals surface area (Å²) in [5, 5.41) is 8.93. The van der Waals surface area contributed by atoms with Crippen LogP contribution in [-0.4, -0.2) is 47.0 Å². The number of ether oxygens (including phenoxy) is 1. The van der Waals surface area contributed by atoms with E-state index >= 15 is 0 Å². The number of carbonyl (C=O) groups is 3. The van der Waals surface area contributed by atoms with Crippen molar-refractivity contribution in [1.29, 1.82) is 0 Å². The maximum Gasteiger partial charge on any atom is 0.335 e. The van der Waals surface area contributed by atoms with Gasteiger partial charge in [-0.15, -0.1) is 0 Å². The molecule has 0 radical (unpaired) electrons. The topological polar surface area (TPSA) is 83.9 Å². The lowest BCUT2D eigenvalue weighted by Crippen LogP contribution is -2.43. The summed E-state index contributed by atoms with van der Waals surface area (Å²) in [4.78, 5) is 36.4. The van der Waals surface area contributed by atoms with Gasteiger partial charge in [0.05, 0.1) is 28.8 Å². The summed E-state index contributed by atoms with van der Waals surface area (Å²) in [6.07, 6.45) is 0. The molecule has 0 bridgehead atoms. The highest BCUT2D eigenvalue weighted by Crippen LogP contribution is 2.26. The van der Waals surface area contributed by atoms with E-state index in [2.05, 4.69) is 0 Å². The Morgan fingerprint density at radius 2 is 1.85 bits per heavy atom. The van der Waals surface area contributed by atoms with Gasteiger partial charge in [0.25, 0.3) is 11.8 Å². The predicted octanol–water partition coefficient (Wildman–Crippen LogP) is 1.41. The van der Waals surface area contributed by atoms with Crippen LogP contribution in [0.4, 0.5) is 0 Å². The fourth-order valence-electron chi connectivity index (χ4n) is 2.01. The number of hydrogen-bond donors (Lipinski definition) is 1. The van der Waals surface area contributed by atoms with E-state index in [1.165, 1.54) is 25.3 Å². The van der Waals surface area contributed by atoms with Gasteiger partial charge in [-0.1, -0.05) is 0 Å². The predicted molar refractivity (Wildman–Crippen MR) is 69.9 cm³/mol. The smallest absolute Gasteiger partial charge is 0.335 e. The molecule has 0 saturated carbocycles. The van der Waals surface area contributed by atoms with Gasteiger partial charge in [-0.3, -0.25) is 14.5 Å². The van der Waals surface area contributed by atoms with E-state index in [9.17, 15) is 14.4 Å². The van der Waals surface area contributed by atoms with Crippen molar-refractivity contribution in [3.05, 3.63) is 34.9 Å². The fraction of sp³-hybridized carbons (Fsp3) is 0.357. The summed E-state index contributed by atoms with van der Waals surface area (Å²) in [5.74, 6) is -2.05. The molecular formula is C14H15NO5. The molecule has 0 aromatic heterocycles. The normalized spacial score (nSPS) is 14.7. The molecule has 2 amide bonds. The van der Waals surface area contributed by atoms with Crippen LogP contribution in [0.25, 0.3) is 0 Å². The van der Waals surface area contributed by atoms with Gasteiger partial charge in [0.15, 0.2) is 0 Å². The number of methoxy groups -OCH3 is 1. The first kappa shape index (κ1) is 14.2. The van der Waals surface area contributed by atoms with E-state index in [1.807, 2.05) is 0 Å². The summed E-state index contributed by atoms with van der Waals surface area (Å²) >= 11 is 0. The van der Waals surface area contributed by atoms with Crippen molar-refractivity contribution < 1.29 is 24.2 Å². The quantitative estimate of drug-likeness (QED) is 0.841. The van der Waals surface area contributed by atoms with Crippen molar-refractivity contribution in [1.82, 2.24) is 4.90 Å². The highest BCUT2D eigenvalue weighted by molar-refractivity contribution is 6.22. The number of hydrogen-bond acceptors (Lipinski definition) is 4. The summed E-state index contributed by atoms with van der Waals surface area (Å²) in [6, 6.07) is 3.92. The molecule has 6 heteroatoms. The Bertz CT molecular complexity index is 606. The molecule has 1 aromatic carbocycles. The third kappa shape index (κ3) is 2.30. The molecule has 20 heavy (non-hydrogen) atoms. The van der Waals surface area contributed by atoms with E-state index in [-0.39, 0.29) is 23.2 Å². The van der Waals surface area contributed by atoms with Crippen LogP contribution in [0, 0.1) is 0 Å². The SMILES string of the molecule is COC(C)(C)CN1C(=O)c2ccc(C(=O)O)cc2C1=O. The number of fused-ring (bicyclic) bond motifs is 1. The molecule has 0 unspecified atom stereocenters. The molecule has 0 fully saturated rings. The average molecular weight is 277 g/mol. The molecule has 0 atom stereocenters. The van der Waals surface area contributed by atoms with Crippen LogP contribution in [0.2, 0.25) is 0 Å². The summed E-state index contributed by atoms with van der Waals surface area (Å²) in [7, 11) is 1.50. The first-order valence-corrected chi connectivity index (χ1v) is 6.05. The van der Waals surface area contributed by atoms with E-state index in [1.54, 1.807) is 13.8 Å². The molecular weight excluding hydrogens is 262 g/mol. The number of benzene rings is 1. The Labute approximate surface area is 115 Å². The number of carboxylic acids is 1. The molecule has 1 aliphatic rings. The lowest BCUT2D eigenvalue weighted by Gasteiger charge is -2.27. The molecule has 1 aromatic rings. The van der Waals surface area contributed by atoms with Crippen LogP contribution < -0.4 is 0 Å². The maximum absolute atomic E-state index is 12.2. The van der Waals surface area contributed by atoms with E-state index in [0.29, 0.717) is 0 Å². The van der Waals surface area contributed by atoms with Crippen molar-refractivity contribution in [3.8, 4) is 0 Å². The van der Waals surface area contributed by atoms with Crippen molar-refractivity contribution in [3.63, 3.8) is 0 Å². The standard InChI is InChI=1S/C14H15NO5/c1-14(2,20-3)7-15-11(16)9-5-4-8(13(18)19)6-10(9)12(15)17/h4-6H,7H2,1-3H3,(H,18,19). The summed E-state index contributed by atoms with van der Waals surface area (Å²) in [5.41, 5.74) is -0.324. The van der Waals surface area contributed by atoms with Gasteiger partial charge >= 0.3 is 5.97 Å². The number of carbonyl (C=O) groups excluding carboxylic acids is 2. The van der Waals surface area contributed by atoms with Crippen molar-refractivity contribution in [2.24, 2.45) is 0 Å². The maximum atomic E-state index is 12.2. The number of nitrogens with zero attached hydrogens (tertiary/aromatic N) is 1. The third-order valence-corrected chi connectivity index (χ3v) is 3.31. The first-order valence-electron chi connectivity index (χ1n) is 6.05. The Balaban J connectivity index is 2.38. The lowest BCUT2D eigenvalue weighted by atomic mass is 10.1. The average Bonchev–Trinajstić information content (AvgIpc) is 2.63. The van der Waals surface area contributed by atoms with Gasteiger partial charge in [0.1, 0.15) is 0 Å². The van der Waals surface area contributed by atoms with E-state index in [0.717, 1.165) is 4.90 Å². The van der Waals surface area contributed by atoms with E-state index < -0.39 is 23.4 Å². The van der Waals surface area contributed by atoms with Crippen LogP contribution in [0.15, 0.2) is 18.2 Å². The number of amides is 2. The van der Waals surface area contributed by atoms with Crippen molar-refractivity contribution in [2.75, 3.05) is 13.7 Å². The number of imide groups is 1. The highest BCUT2D eigenvalue weighted by atomic mass is 16.5. The molecule has 1 aliphatic heterocycles. The molecule has 106 valence electrons. The molecule has 2 rings (SSSR count). The van der Waals surface area contributed by atoms with Crippen LogP contribution in [0.3, 0.4) is 0 Å². The van der Waals surface area contributed by atoms with E-state index in [4.69, 9.17) is 9.84 Å². The third-order valence-electron chi connectivity index (χ3n) is 3.31. The van der Waals surface area contributed by atoms with Gasteiger partial charge < -0.3 is 9.84 Å². The minimum atomic E-state index is -1.14. The van der Waals surface area contributed by atoms with Crippen molar-refractivity contribution >= 4 is 17.8 Å². The van der Waals surface area contributed by atoms with Gasteiger partial charge in [0, 0.05) is 7.11 Å². The summed E-state index contributed by atoms with van der Waals surface area (Å²) in [6.45, 7) is 3.64. The second-order valence-electron chi connectivity index (χ2n) is 5.23. The van der Waals surface area contributed by atoms with Gasteiger partial charge in [-0.25, -0.2) is 4.79 Å². The second kappa shape index (κ2) is 4.72. The van der Waals surface area contributed by atoms with Crippen LogP contribution in [0.5, 0.6) is 0 Å². The van der Waals surface area contributed by atoms with Crippen LogP contribution in [0.1, 0.15) is 44.9 Å². The molecule has 1 heterocycles. The molecule has 6 nitrogen and oxygen atoms in total.